The molecule has 1 aromatic rings. The van der Waals surface area contributed by atoms with E-state index in [0.717, 1.165) is 18.4 Å². The third-order valence-electron chi connectivity index (χ3n) is 6.04. The fourth-order valence-corrected chi connectivity index (χ4v) is 3.86. The molecule has 0 bridgehead atoms. The van der Waals surface area contributed by atoms with Crippen LogP contribution < -0.4 is 0 Å². The van der Waals surface area contributed by atoms with Crippen molar-refractivity contribution in [1.82, 2.24) is 0 Å². The summed E-state index contributed by atoms with van der Waals surface area (Å²) >= 11 is 0. The first kappa shape index (κ1) is 27.0. The molecule has 0 saturated carbocycles. The van der Waals surface area contributed by atoms with Gasteiger partial charge in [-0.05, 0) is 56.6 Å². The third-order valence-corrected chi connectivity index (χ3v) is 6.04. The van der Waals surface area contributed by atoms with Crippen molar-refractivity contribution >= 4 is 11.6 Å². The minimum absolute atomic E-state index is 0.0737. The second-order valence-electron chi connectivity index (χ2n) is 9.60. The molecule has 1 atom stereocenters. The van der Waals surface area contributed by atoms with Gasteiger partial charge in [0.1, 0.15) is 0 Å². The minimum Gasteiger partial charge on any atom is -0.493 e. The minimum atomic E-state index is -0.292. The van der Waals surface area contributed by atoms with Crippen LogP contribution in [0, 0.1) is 5.41 Å². The summed E-state index contributed by atoms with van der Waals surface area (Å²) in [4.78, 5) is 23.8. The van der Waals surface area contributed by atoms with Gasteiger partial charge in [-0.3, -0.25) is 9.59 Å². The third kappa shape index (κ3) is 8.30. The number of benzene rings is 1. The van der Waals surface area contributed by atoms with E-state index in [9.17, 15) is 9.59 Å². The van der Waals surface area contributed by atoms with E-state index in [4.69, 9.17) is 4.74 Å². The molecule has 3 rings (SSSR count). The van der Waals surface area contributed by atoms with Crippen LogP contribution in [0.4, 0.5) is 0 Å². The molecule has 2 aliphatic carbocycles. The highest BCUT2D eigenvalue weighted by Crippen LogP contribution is 2.29. The summed E-state index contributed by atoms with van der Waals surface area (Å²) in [6, 6.07) is 9.48. The first-order chi connectivity index (χ1) is 16.2. The second kappa shape index (κ2) is 12.9. The second-order valence-corrected chi connectivity index (χ2v) is 9.60. The fraction of sp³-hybridized carbons (Fsp3) is 0.355. The van der Waals surface area contributed by atoms with Crippen LogP contribution in [0.15, 0.2) is 102 Å². The van der Waals surface area contributed by atoms with Crippen molar-refractivity contribution in [3.8, 4) is 0 Å². The lowest BCUT2D eigenvalue weighted by molar-refractivity contribution is -0.117. The summed E-state index contributed by atoms with van der Waals surface area (Å²) in [7, 11) is 1.37. The van der Waals surface area contributed by atoms with Gasteiger partial charge in [0.15, 0.2) is 11.5 Å². The largest absolute Gasteiger partial charge is 0.493 e. The van der Waals surface area contributed by atoms with E-state index in [2.05, 4.69) is 58.6 Å². The summed E-state index contributed by atoms with van der Waals surface area (Å²) in [5, 5.41) is 0. The van der Waals surface area contributed by atoms with E-state index < -0.39 is 0 Å². The van der Waals surface area contributed by atoms with Gasteiger partial charge in [0, 0.05) is 17.6 Å². The predicted octanol–water partition coefficient (Wildman–Crippen LogP) is 7.60. The number of carbonyl (C=O) groups excluding carboxylic acids is 2. The van der Waals surface area contributed by atoms with Crippen molar-refractivity contribution in [2.75, 3.05) is 7.11 Å². The number of methoxy groups -OCH3 is 1. The first-order valence-corrected chi connectivity index (χ1v) is 11.9. The van der Waals surface area contributed by atoms with E-state index in [1.165, 1.54) is 43.2 Å². The van der Waals surface area contributed by atoms with E-state index >= 15 is 0 Å². The zero-order chi connectivity index (χ0) is 25.1. The average molecular weight is 459 g/mol. The molecule has 0 spiro atoms. The van der Waals surface area contributed by atoms with Crippen molar-refractivity contribution in [2.24, 2.45) is 5.41 Å². The van der Waals surface area contributed by atoms with Gasteiger partial charge in [0.2, 0.25) is 5.78 Å². The molecule has 3 heteroatoms. The fourth-order valence-electron chi connectivity index (χ4n) is 3.86. The Hall–Kier alpha value is -3.20. The van der Waals surface area contributed by atoms with Gasteiger partial charge in [-0.25, -0.2) is 0 Å². The van der Waals surface area contributed by atoms with Crippen molar-refractivity contribution in [1.29, 1.82) is 0 Å². The molecular weight excluding hydrogens is 420 g/mol. The zero-order valence-corrected chi connectivity index (χ0v) is 21.3. The summed E-state index contributed by atoms with van der Waals surface area (Å²) in [6.07, 6.45) is 18.4. The smallest absolute Gasteiger partial charge is 0.220 e. The first-order valence-electron chi connectivity index (χ1n) is 11.9. The van der Waals surface area contributed by atoms with Gasteiger partial charge in [0.05, 0.1) is 7.11 Å². The van der Waals surface area contributed by atoms with Crippen LogP contribution in [0.1, 0.15) is 64.9 Å². The lowest BCUT2D eigenvalue weighted by atomic mass is 9.85. The van der Waals surface area contributed by atoms with Gasteiger partial charge in [-0.2, -0.15) is 0 Å². The van der Waals surface area contributed by atoms with Crippen LogP contribution in [0.3, 0.4) is 0 Å². The maximum Gasteiger partial charge on any atom is 0.220 e. The summed E-state index contributed by atoms with van der Waals surface area (Å²) in [5.41, 5.74) is 4.69. The zero-order valence-electron chi connectivity index (χ0n) is 21.3. The lowest BCUT2D eigenvalue weighted by Crippen LogP contribution is -2.18. The standard InChI is InChI=1S/C16H14O3.C15H24/c1-3-12(11-7-5-4-6-8-11)13-9-15(18)16(19-2)10-14(13)17;1-13-7-5-8-14(2)10-12-15(3,4)11-6-9-13/h3-10,12H,1H2,2H3;6-7,10-11H,5,8-9,12H2,1-4H3. The molecule has 3 nitrogen and oxygen atoms in total. The Balaban J connectivity index is 0.000000248. The molecule has 0 heterocycles. The number of ether oxygens (including phenoxy) is 1. The normalized spacial score (nSPS) is 19.2. The van der Waals surface area contributed by atoms with Gasteiger partial charge < -0.3 is 4.74 Å². The molecule has 0 saturated heterocycles. The molecular formula is C31H38O3. The van der Waals surface area contributed by atoms with Crippen LogP contribution in [0.25, 0.3) is 0 Å². The van der Waals surface area contributed by atoms with Gasteiger partial charge in [-0.1, -0.05) is 85.7 Å². The summed E-state index contributed by atoms with van der Waals surface area (Å²) in [6.45, 7) is 12.9. The topological polar surface area (TPSA) is 43.4 Å². The predicted molar refractivity (Wildman–Crippen MR) is 141 cm³/mol. The average Bonchev–Trinajstić information content (AvgIpc) is 2.83. The Labute approximate surface area is 205 Å². The number of allylic oxidation sites excluding steroid dienone is 10. The van der Waals surface area contributed by atoms with E-state index in [0.29, 0.717) is 11.0 Å². The molecule has 0 amide bonds. The number of carbonyl (C=O) groups is 2. The molecule has 0 N–H and O–H groups in total. The Bertz CT molecular complexity index is 1030. The molecule has 0 aromatic heterocycles. The summed E-state index contributed by atoms with van der Waals surface area (Å²) in [5.74, 6) is -0.720. The molecule has 0 fully saturated rings. The Morgan fingerprint density at radius 3 is 2.35 bits per heavy atom. The highest BCUT2D eigenvalue weighted by atomic mass is 16.5. The van der Waals surface area contributed by atoms with Crippen LogP contribution >= 0.6 is 0 Å². The molecule has 1 unspecified atom stereocenters. The Kier molecular flexibility index (Phi) is 10.2. The van der Waals surface area contributed by atoms with Crippen molar-refractivity contribution < 1.29 is 14.3 Å². The maximum absolute atomic E-state index is 12.1. The van der Waals surface area contributed by atoms with Crippen LogP contribution in [-0.2, 0) is 14.3 Å². The number of hydrogen-bond donors (Lipinski definition) is 0. The van der Waals surface area contributed by atoms with Crippen molar-refractivity contribution in [2.45, 2.75) is 59.3 Å². The lowest BCUT2D eigenvalue weighted by Gasteiger charge is -2.18. The monoisotopic (exact) mass is 458 g/mol. The van der Waals surface area contributed by atoms with E-state index in [1.54, 1.807) is 6.08 Å². The van der Waals surface area contributed by atoms with Gasteiger partial charge >= 0.3 is 0 Å². The molecule has 1 aromatic carbocycles. The van der Waals surface area contributed by atoms with Gasteiger partial charge in [-0.15, -0.1) is 6.58 Å². The highest BCUT2D eigenvalue weighted by molar-refractivity contribution is 6.19. The van der Waals surface area contributed by atoms with E-state index in [1.807, 2.05) is 30.3 Å². The Morgan fingerprint density at radius 1 is 1.00 bits per heavy atom. The number of hydrogen-bond acceptors (Lipinski definition) is 3. The molecule has 2 aliphatic rings. The maximum atomic E-state index is 12.1. The van der Waals surface area contributed by atoms with Gasteiger partial charge in [0.25, 0.3) is 0 Å². The molecule has 180 valence electrons. The molecule has 34 heavy (non-hydrogen) atoms. The Morgan fingerprint density at radius 2 is 1.71 bits per heavy atom. The van der Waals surface area contributed by atoms with Crippen LogP contribution in [0.2, 0.25) is 0 Å². The summed E-state index contributed by atoms with van der Waals surface area (Å²) < 4.78 is 4.86. The molecule has 0 aliphatic heterocycles. The number of rotatable bonds is 4. The van der Waals surface area contributed by atoms with Crippen molar-refractivity contribution in [3.63, 3.8) is 0 Å². The van der Waals surface area contributed by atoms with E-state index in [-0.39, 0.29) is 23.2 Å². The van der Waals surface area contributed by atoms with Crippen LogP contribution in [0.5, 0.6) is 0 Å². The SMILES string of the molecule is C=CC(C1=CC(=O)C(OC)=CC1=O)c1ccccc1.CC1=CCCC(C)=CCC(C)(C)C=CC1. The van der Waals surface area contributed by atoms with Crippen molar-refractivity contribution in [3.05, 3.63) is 107 Å². The number of ketones is 2. The van der Waals surface area contributed by atoms with Crippen LogP contribution in [-0.4, -0.2) is 18.7 Å². The quantitative estimate of drug-likeness (QED) is 0.345. The molecule has 0 radical (unpaired) electrons. The highest BCUT2D eigenvalue weighted by Gasteiger charge is 2.26.